The van der Waals surface area contributed by atoms with Gasteiger partial charge in [-0.3, -0.25) is 0 Å². The number of rotatable bonds is 3. The van der Waals surface area contributed by atoms with Gasteiger partial charge in [-0.05, 0) is 20.3 Å². The van der Waals surface area contributed by atoms with Crippen molar-refractivity contribution in [2.45, 2.75) is 40.0 Å². The smallest absolute Gasteiger partial charge is 0.0264 e. The molecular formula is C8H16. The summed E-state index contributed by atoms with van der Waals surface area (Å²) in [4.78, 5) is 0. The van der Waals surface area contributed by atoms with E-state index in [9.17, 15) is 0 Å². The minimum atomic E-state index is 0.0978. The van der Waals surface area contributed by atoms with Gasteiger partial charge < -0.3 is 0 Å². The molecule has 0 aliphatic heterocycles. The van der Waals surface area contributed by atoms with Crippen LogP contribution < -0.4 is 0 Å². The lowest BCUT2D eigenvalue weighted by Gasteiger charge is -1.89. The van der Waals surface area contributed by atoms with E-state index in [4.69, 9.17) is 1.37 Å². The summed E-state index contributed by atoms with van der Waals surface area (Å²) in [6.07, 6.45) is 4.34. The first kappa shape index (κ1) is 5.87. The van der Waals surface area contributed by atoms with Gasteiger partial charge in [0, 0.05) is 1.37 Å². The van der Waals surface area contributed by atoms with Gasteiger partial charge in [-0.15, -0.1) is 0 Å². The summed E-state index contributed by atoms with van der Waals surface area (Å²) in [5, 5.41) is 0. The predicted octanol–water partition coefficient (Wildman–Crippen LogP) is 3.14. The second-order valence-electron chi connectivity index (χ2n) is 2.27. The van der Waals surface area contributed by atoms with Gasteiger partial charge >= 0.3 is 0 Å². The Morgan fingerprint density at radius 2 is 2.25 bits per heavy atom. The minimum absolute atomic E-state index is 0.0978. The molecule has 8 heavy (non-hydrogen) atoms. The maximum absolute atomic E-state index is 7.19. The van der Waals surface area contributed by atoms with Crippen LogP contribution in [0.1, 0.15) is 41.4 Å². The summed E-state index contributed by atoms with van der Waals surface area (Å²) in [6.45, 7) is 6.11. The molecule has 1 atom stereocenters. The van der Waals surface area contributed by atoms with Crippen LogP contribution in [0.2, 0.25) is 0 Å². The summed E-state index contributed by atoms with van der Waals surface area (Å²) in [7, 11) is 0. The van der Waals surface area contributed by atoms with Crippen LogP contribution in [0.3, 0.4) is 0 Å². The monoisotopic (exact) mass is 113 g/mol. The number of hydrogen-bond acceptors (Lipinski definition) is 0. The second kappa shape index (κ2) is 4.89. The lowest BCUT2D eigenvalue weighted by atomic mass is 10.2. The van der Waals surface area contributed by atoms with E-state index in [1.807, 2.05) is 6.92 Å². The van der Waals surface area contributed by atoms with Crippen molar-refractivity contribution in [3.8, 4) is 0 Å². The molecule has 0 saturated carbocycles. The molecule has 0 nitrogen and oxygen atoms in total. The molecule has 0 aromatic carbocycles. The molecule has 0 rings (SSSR count). The van der Waals surface area contributed by atoms with Crippen LogP contribution in [0.4, 0.5) is 0 Å². The fourth-order valence-electron chi connectivity index (χ4n) is 0.539. The molecule has 0 aromatic heterocycles. The van der Waals surface area contributed by atoms with E-state index in [-0.39, 0.29) is 6.40 Å². The fraction of sp³-hybridized carbons (Fsp3) is 0.750. The van der Waals surface area contributed by atoms with Gasteiger partial charge in [0.15, 0.2) is 0 Å². The van der Waals surface area contributed by atoms with Crippen molar-refractivity contribution in [3.05, 3.63) is 11.6 Å². The fourth-order valence-corrected chi connectivity index (χ4v) is 0.539. The SMILES string of the molecule is [2H]C(C)CCC=C(C)C. The second-order valence-corrected chi connectivity index (χ2v) is 2.27. The van der Waals surface area contributed by atoms with Crippen molar-refractivity contribution in [1.29, 1.82) is 0 Å². The first-order chi connectivity index (χ1) is 4.13. The van der Waals surface area contributed by atoms with Crippen LogP contribution in [0, 0.1) is 0 Å². The van der Waals surface area contributed by atoms with Crippen LogP contribution >= 0.6 is 0 Å². The van der Waals surface area contributed by atoms with Gasteiger partial charge in [-0.2, -0.15) is 0 Å². The van der Waals surface area contributed by atoms with Crippen molar-refractivity contribution in [2.24, 2.45) is 0 Å². The summed E-state index contributed by atoms with van der Waals surface area (Å²) >= 11 is 0. The van der Waals surface area contributed by atoms with E-state index < -0.39 is 0 Å². The van der Waals surface area contributed by atoms with Crippen molar-refractivity contribution in [1.82, 2.24) is 0 Å². The molecule has 0 N–H and O–H groups in total. The van der Waals surface area contributed by atoms with Crippen LogP contribution in [-0.2, 0) is 0 Å². The standard InChI is InChI=1S/C8H16/c1-4-5-6-7-8(2)3/h7H,4-6H2,1-3H3/i4D. The Bertz CT molecular complexity index is 88.7. The van der Waals surface area contributed by atoms with E-state index >= 15 is 0 Å². The average Bonchev–Trinajstić information content (AvgIpc) is 1.63. The molecule has 0 radical (unpaired) electrons. The highest BCUT2D eigenvalue weighted by atomic mass is 13.8. The van der Waals surface area contributed by atoms with E-state index in [0.29, 0.717) is 0 Å². The molecule has 0 heteroatoms. The predicted molar refractivity (Wildman–Crippen MR) is 39.0 cm³/mol. The summed E-state index contributed by atoms with van der Waals surface area (Å²) < 4.78 is 7.19. The molecule has 0 heterocycles. The molecule has 48 valence electrons. The zero-order chi connectivity index (χ0) is 7.28. The minimum Gasteiger partial charge on any atom is -0.0859 e. The highest BCUT2D eigenvalue weighted by molar-refractivity contribution is 4.92. The van der Waals surface area contributed by atoms with Gasteiger partial charge in [0.1, 0.15) is 0 Å². The Kier molecular flexibility index (Phi) is 3.59. The molecule has 1 unspecified atom stereocenters. The molecule has 0 aromatic rings. The van der Waals surface area contributed by atoms with Crippen molar-refractivity contribution < 1.29 is 1.37 Å². The van der Waals surface area contributed by atoms with Crippen LogP contribution in [0.5, 0.6) is 0 Å². The van der Waals surface area contributed by atoms with E-state index in [0.717, 1.165) is 12.8 Å². The van der Waals surface area contributed by atoms with Crippen molar-refractivity contribution >= 4 is 0 Å². The third-order valence-corrected chi connectivity index (χ3v) is 1.01. The first-order valence-electron chi connectivity index (χ1n) is 3.76. The zero-order valence-electron chi connectivity index (χ0n) is 7.07. The largest absolute Gasteiger partial charge is 0.0859 e. The van der Waals surface area contributed by atoms with Gasteiger partial charge in [0.25, 0.3) is 0 Å². The topological polar surface area (TPSA) is 0 Å². The Morgan fingerprint density at radius 3 is 2.62 bits per heavy atom. The Balaban J connectivity index is 3.20. The third kappa shape index (κ3) is 5.74. The van der Waals surface area contributed by atoms with Crippen molar-refractivity contribution in [3.63, 3.8) is 0 Å². The summed E-state index contributed by atoms with van der Waals surface area (Å²) in [6, 6.07) is 0. The molecule has 0 spiro atoms. The Hall–Kier alpha value is -0.260. The first-order valence-corrected chi connectivity index (χ1v) is 3.18. The van der Waals surface area contributed by atoms with Gasteiger partial charge in [0.05, 0.1) is 0 Å². The third-order valence-electron chi connectivity index (χ3n) is 1.01. The highest BCUT2D eigenvalue weighted by Crippen LogP contribution is 1.98. The quantitative estimate of drug-likeness (QED) is 0.493. The molecule has 0 aliphatic rings. The summed E-state index contributed by atoms with van der Waals surface area (Å²) in [5.41, 5.74) is 1.36. The number of hydrogen-bond donors (Lipinski definition) is 0. The molecule has 0 saturated heterocycles. The molecule has 0 aliphatic carbocycles. The van der Waals surface area contributed by atoms with Gasteiger partial charge in [0.2, 0.25) is 0 Å². The maximum Gasteiger partial charge on any atom is 0.0264 e. The highest BCUT2D eigenvalue weighted by Gasteiger charge is 1.77. The maximum atomic E-state index is 7.19. The van der Waals surface area contributed by atoms with Gasteiger partial charge in [-0.1, -0.05) is 31.4 Å². The average molecular weight is 113 g/mol. The van der Waals surface area contributed by atoms with Gasteiger partial charge in [-0.25, -0.2) is 0 Å². The normalized spacial score (nSPS) is 14.6. The van der Waals surface area contributed by atoms with Crippen LogP contribution in [-0.4, -0.2) is 0 Å². The van der Waals surface area contributed by atoms with Crippen molar-refractivity contribution in [2.75, 3.05) is 0 Å². The molecule has 0 amide bonds. The van der Waals surface area contributed by atoms with E-state index in [2.05, 4.69) is 19.9 Å². The lowest BCUT2D eigenvalue weighted by Crippen LogP contribution is -1.68. The van der Waals surface area contributed by atoms with E-state index in [1.54, 1.807) is 0 Å². The molecular weight excluding hydrogens is 96.1 g/mol. The summed E-state index contributed by atoms with van der Waals surface area (Å²) in [5.74, 6) is 0. The lowest BCUT2D eigenvalue weighted by molar-refractivity contribution is 0.811. The van der Waals surface area contributed by atoms with Crippen LogP contribution in [0.15, 0.2) is 11.6 Å². The van der Waals surface area contributed by atoms with E-state index in [1.165, 1.54) is 5.57 Å². The Morgan fingerprint density at radius 1 is 1.62 bits per heavy atom. The Labute approximate surface area is 54.0 Å². The van der Waals surface area contributed by atoms with Crippen LogP contribution in [0.25, 0.3) is 0 Å². The molecule has 0 fully saturated rings. The molecule has 0 bridgehead atoms. The number of allylic oxidation sites excluding steroid dienone is 2. The zero-order valence-corrected chi connectivity index (χ0v) is 6.07.